The fourth-order valence-corrected chi connectivity index (χ4v) is 3.79. The van der Waals surface area contributed by atoms with E-state index in [4.69, 9.17) is 9.47 Å². The van der Waals surface area contributed by atoms with Gasteiger partial charge in [-0.15, -0.1) is 10.2 Å². The Morgan fingerprint density at radius 1 is 1.09 bits per heavy atom. The van der Waals surface area contributed by atoms with Crippen molar-refractivity contribution in [1.82, 2.24) is 10.2 Å². The number of nitrogens with zero attached hydrogens (tertiary/aromatic N) is 4. The number of rotatable bonds is 6. The van der Waals surface area contributed by atoms with E-state index in [1.165, 1.54) is 17.4 Å². The average Bonchev–Trinajstić information content (AvgIpc) is 3.33. The quantitative estimate of drug-likeness (QED) is 0.257. The zero-order valence-corrected chi connectivity index (χ0v) is 18.2. The zero-order valence-electron chi connectivity index (χ0n) is 17.4. The average molecular weight is 462 g/mol. The van der Waals surface area contributed by atoms with Crippen LogP contribution in [0.4, 0.5) is 10.3 Å². The fourth-order valence-electron chi connectivity index (χ4n) is 3.00. The summed E-state index contributed by atoms with van der Waals surface area (Å²) >= 11 is 1.24. The fraction of sp³-hybridized carbons (Fsp3) is 0.174. The molecule has 0 unspecified atom stereocenters. The van der Waals surface area contributed by atoms with Crippen LogP contribution in [0.5, 0.6) is 5.75 Å². The van der Waals surface area contributed by atoms with Gasteiger partial charge in [-0.1, -0.05) is 41.7 Å². The van der Waals surface area contributed by atoms with E-state index in [0.717, 1.165) is 0 Å². The van der Waals surface area contributed by atoms with Gasteiger partial charge < -0.3 is 14.4 Å². The number of amides is 1. The van der Waals surface area contributed by atoms with Crippen molar-refractivity contribution >= 4 is 39.6 Å². The minimum atomic E-state index is -0.582. The van der Waals surface area contributed by atoms with Gasteiger partial charge in [-0.2, -0.15) is 5.26 Å². The Balaban J connectivity index is 1.38. The van der Waals surface area contributed by atoms with E-state index in [-0.39, 0.29) is 5.57 Å². The van der Waals surface area contributed by atoms with E-state index in [2.05, 4.69) is 15.5 Å². The number of morpholine rings is 1. The van der Waals surface area contributed by atoms with Crippen LogP contribution in [0.15, 0.2) is 60.2 Å². The number of carbonyl (C=O) groups excluding carboxylic acids is 2. The second-order valence-corrected chi connectivity index (χ2v) is 7.89. The van der Waals surface area contributed by atoms with Crippen LogP contribution in [0.25, 0.3) is 6.08 Å². The molecule has 0 spiro atoms. The molecule has 1 amide bonds. The molecule has 1 aliphatic heterocycles. The van der Waals surface area contributed by atoms with Gasteiger partial charge in [-0.05, 0) is 35.9 Å². The number of hydrogen-bond acceptors (Lipinski definition) is 9. The molecule has 1 N–H and O–H groups in total. The molecule has 0 bridgehead atoms. The standard InChI is InChI=1S/C23H19N5O4S/c24-15-18(20(29)25-22-26-27-23(33-22)28-10-12-31-13-11-28)14-16-6-8-19(9-7-16)32-21(30)17-4-2-1-3-5-17/h1-9,14H,10-13H2,(H,25,26,29)/b18-14-. The summed E-state index contributed by atoms with van der Waals surface area (Å²) in [5.74, 6) is -0.695. The summed E-state index contributed by atoms with van der Waals surface area (Å²) < 4.78 is 10.7. The Hall–Kier alpha value is -4.07. The normalized spacial score (nSPS) is 13.8. The molecule has 0 atom stereocenters. The molecular weight excluding hydrogens is 442 g/mol. The van der Waals surface area contributed by atoms with Crippen LogP contribution >= 0.6 is 11.3 Å². The minimum absolute atomic E-state index is 0.0906. The smallest absolute Gasteiger partial charge is 0.343 e. The number of aromatic nitrogens is 2. The summed E-state index contributed by atoms with van der Waals surface area (Å²) in [6, 6.07) is 17.1. The van der Waals surface area contributed by atoms with Crippen molar-refractivity contribution < 1.29 is 19.1 Å². The first-order chi connectivity index (χ1) is 16.1. The Morgan fingerprint density at radius 3 is 2.52 bits per heavy atom. The number of benzene rings is 2. The highest BCUT2D eigenvalue weighted by Gasteiger charge is 2.18. The monoisotopic (exact) mass is 461 g/mol. The van der Waals surface area contributed by atoms with Gasteiger partial charge in [0.05, 0.1) is 18.8 Å². The summed E-state index contributed by atoms with van der Waals surface area (Å²) in [4.78, 5) is 26.7. The highest BCUT2D eigenvalue weighted by Crippen LogP contribution is 2.25. The molecular formula is C23H19N5O4S. The van der Waals surface area contributed by atoms with Crippen LogP contribution in [-0.2, 0) is 9.53 Å². The molecule has 33 heavy (non-hydrogen) atoms. The predicted molar refractivity (Wildman–Crippen MR) is 123 cm³/mol. The second kappa shape index (κ2) is 10.5. The van der Waals surface area contributed by atoms with Crippen LogP contribution in [0.2, 0.25) is 0 Å². The molecule has 1 aliphatic rings. The molecule has 9 nitrogen and oxygen atoms in total. The Labute approximate surface area is 193 Å². The van der Waals surface area contributed by atoms with Crippen molar-refractivity contribution in [1.29, 1.82) is 5.26 Å². The molecule has 1 fully saturated rings. The van der Waals surface area contributed by atoms with Crippen molar-refractivity contribution in [2.45, 2.75) is 0 Å². The van der Waals surface area contributed by atoms with E-state index in [1.54, 1.807) is 48.5 Å². The topological polar surface area (TPSA) is 117 Å². The number of esters is 1. The predicted octanol–water partition coefficient (Wildman–Crippen LogP) is 3.14. The lowest BCUT2D eigenvalue weighted by molar-refractivity contribution is -0.112. The van der Waals surface area contributed by atoms with Crippen LogP contribution in [-0.4, -0.2) is 48.4 Å². The largest absolute Gasteiger partial charge is 0.423 e. The molecule has 0 aliphatic carbocycles. The lowest BCUT2D eigenvalue weighted by Crippen LogP contribution is -2.36. The first-order valence-electron chi connectivity index (χ1n) is 10.1. The van der Waals surface area contributed by atoms with E-state index < -0.39 is 11.9 Å². The SMILES string of the molecule is N#C/C(=C/c1ccc(OC(=O)c2ccccc2)cc1)C(=O)Nc1nnc(N2CCOCC2)s1. The Kier molecular flexibility index (Phi) is 7.04. The highest BCUT2D eigenvalue weighted by molar-refractivity contribution is 7.19. The van der Waals surface area contributed by atoms with Crippen molar-refractivity contribution in [2.24, 2.45) is 0 Å². The van der Waals surface area contributed by atoms with Gasteiger partial charge in [0.1, 0.15) is 17.4 Å². The number of ether oxygens (including phenoxy) is 2. The first-order valence-corrected chi connectivity index (χ1v) is 10.9. The summed E-state index contributed by atoms with van der Waals surface area (Å²) in [5.41, 5.74) is 0.956. The number of carbonyl (C=O) groups is 2. The molecule has 3 aromatic rings. The summed E-state index contributed by atoms with van der Waals surface area (Å²) in [7, 11) is 0. The van der Waals surface area contributed by atoms with Crippen molar-refractivity contribution in [3.05, 3.63) is 71.3 Å². The number of nitriles is 1. The van der Waals surface area contributed by atoms with Crippen molar-refractivity contribution in [3.63, 3.8) is 0 Å². The molecule has 4 rings (SSSR count). The first kappa shape index (κ1) is 22.1. The van der Waals surface area contributed by atoms with Crippen molar-refractivity contribution in [3.8, 4) is 11.8 Å². The van der Waals surface area contributed by atoms with Crippen LogP contribution < -0.4 is 15.0 Å². The third-order valence-corrected chi connectivity index (χ3v) is 5.59. The van der Waals surface area contributed by atoms with Gasteiger partial charge in [0, 0.05) is 13.1 Å². The summed E-state index contributed by atoms with van der Waals surface area (Å²) in [5, 5.41) is 21.1. The number of anilines is 2. The van der Waals surface area contributed by atoms with E-state index in [0.29, 0.717) is 53.4 Å². The molecule has 166 valence electrons. The van der Waals surface area contributed by atoms with E-state index in [9.17, 15) is 14.9 Å². The van der Waals surface area contributed by atoms with E-state index >= 15 is 0 Å². The van der Waals surface area contributed by atoms with Gasteiger partial charge in [-0.25, -0.2) is 4.79 Å². The van der Waals surface area contributed by atoms with Crippen LogP contribution in [0.3, 0.4) is 0 Å². The molecule has 0 saturated carbocycles. The summed E-state index contributed by atoms with van der Waals surface area (Å²) in [6.45, 7) is 2.66. The van der Waals surface area contributed by atoms with Crippen LogP contribution in [0.1, 0.15) is 15.9 Å². The van der Waals surface area contributed by atoms with Crippen LogP contribution in [0, 0.1) is 11.3 Å². The third kappa shape index (κ3) is 5.79. The van der Waals surface area contributed by atoms with Gasteiger partial charge >= 0.3 is 5.97 Å². The second-order valence-electron chi connectivity index (χ2n) is 6.94. The number of nitrogens with one attached hydrogen (secondary N) is 1. The van der Waals surface area contributed by atoms with E-state index in [1.807, 2.05) is 17.0 Å². The summed E-state index contributed by atoms with van der Waals surface area (Å²) in [6.07, 6.45) is 1.45. The molecule has 1 saturated heterocycles. The molecule has 1 aromatic heterocycles. The zero-order chi connectivity index (χ0) is 23.0. The maximum Gasteiger partial charge on any atom is 0.343 e. The van der Waals surface area contributed by atoms with Gasteiger partial charge in [0.2, 0.25) is 10.3 Å². The van der Waals surface area contributed by atoms with Gasteiger partial charge in [0.15, 0.2) is 0 Å². The lowest BCUT2D eigenvalue weighted by atomic mass is 10.1. The number of hydrogen-bond donors (Lipinski definition) is 1. The van der Waals surface area contributed by atoms with Gasteiger partial charge in [0.25, 0.3) is 5.91 Å². The van der Waals surface area contributed by atoms with Gasteiger partial charge in [-0.3, -0.25) is 10.1 Å². The maximum atomic E-state index is 12.5. The molecule has 0 radical (unpaired) electrons. The Bertz CT molecular complexity index is 1200. The Morgan fingerprint density at radius 2 is 1.82 bits per heavy atom. The third-order valence-electron chi connectivity index (χ3n) is 4.69. The molecule has 2 heterocycles. The van der Waals surface area contributed by atoms with Crippen molar-refractivity contribution in [2.75, 3.05) is 36.5 Å². The molecule has 10 heteroatoms. The minimum Gasteiger partial charge on any atom is -0.423 e. The maximum absolute atomic E-state index is 12.5. The highest BCUT2D eigenvalue weighted by atomic mass is 32.1. The lowest BCUT2D eigenvalue weighted by Gasteiger charge is -2.25. The molecule has 2 aromatic carbocycles.